The summed E-state index contributed by atoms with van der Waals surface area (Å²) in [5, 5.41) is 0. The molecule has 4 aliphatic rings. The Kier molecular flexibility index (Phi) is 11.2. The fourth-order valence-corrected chi connectivity index (χ4v) is 11.8. The van der Waals surface area contributed by atoms with Gasteiger partial charge in [-0.15, -0.1) is 0 Å². The molecule has 0 N–H and O–H groups in total. The maximum atomic E-state index is 2.74. The normalized spacial score (nSPS) is 41.4. The summed E-state index contributed by atoms with van der Waals surface area (Å²) in [6.45, 7) is 25.2. The van der Waals surface area contributed by atoms with Crippen LogP contribution in [0.15, 0.2) is 18.7 Å². The molecular formula is C41H73N2+. The van der Waals surface area contributed by atoms with Crippen molar-refractivity contribution in [2.75, 3.05) is 0 Å². The summed E-state index contributed by atoms with van der Waals surface area (Å²) >= 11 is 0. The molecule has 0 unspecified atom stereocenters. The Morgan fingerprint density at radius 3 is 1.51 bits per heavy atom. The van der Waals surface area contributed by atoms with E-state index in [0.29, 0.717) is 12.1 Å². The van der Waals surface area contributed by atoms with Crippen LogP contribution in [0.25, 0.3) is 0 Å². The summed E-state index contributed by atoms with van der Waals surface area (Å²) in [7, 11) is 0. The zero-order chi connectivity index (χ0) is 31.0. The SMILES string of the molecule is CC(C)[C@@H]1CC[C@@H](C)C[C@@H]1[C@@H]1CC[C@@H](C(C)C)[C@H](n2cc[n+]([C@@H]3C[C@H]([C@H]4C[C@H](C)CC[C@H]4C(C)C)CC[C@H]3C(C)C)c2)C1. The highest BCUT2D eigenvalue weighted by atomic mass is 15.2. The lowest BCUT2D eigenvalue weighted by Gasteiger charge is -2.46. The second kappa shape index (κ2) is 14.3. The Labute approximate surface area is 268 Å². The largest absolute Gasteiger partial charge is 0.244 e. The average Bonchev–Trinajstić information content (AvgIpc) is 3.46. The molecule has 1 aromatic heterocycles. The lowest BCUT2D eigenvalue weighted by molar-refractivity contribution is -0.734. The number of hydrogen-bond acceptors (Lipinski definition) is 0. The van der Waals surface area contributed by atoms with Crippen LogP contribution in [0, 0.1) is 82.9 Å². The van der Waals surface area contributed by atoms with E-state index in [-0.39, 0.29) is 0 Å². The van der Waals surface area contributed by atoms with Crippen LogP contribution in [-0.2, 0) is 0 Å². The zero-order valence-electron chi connectivity index (χ0n) is 30.3. The molecule has 4 fully saturated rings. The van der Waals surface area contributed by atoms with Crippen LogP contribution in [0.2, 0.25) is 0 Å². The Balaban J connectivity index is 1.38. The van der Waals surface area contributed by atoms with E-state index in [9.17, 15) is 0 Å². The quantitative estimate of drug-likeness (QED) is 0.265. The van der Waals surface area contributed by atoms with Crippen molar-refractivity contribution in [1.82, 2.24) is 4.57 Å². The van der Waals surface area contributed by atoms with E-state index in [2.05, 4.69) is 97.1 Å². The number of imidazole rings is 1. The minimum atomic E-state index is 0.673. The Morgan fingerprint density at radius 2 is 1.00 bits per heavy atom. The van der Waals surface area contributed by atoms with Crippen molar-refractivity contribution in [2.24, 2.45) is 82.9 Å². The van der Waals surface area contributed by atoms with E-state index in [1.807, 2.05) is 0 Å². The van der Waals surface area contributed by atoms with Crippen LogP contribution < -0.4 is 4.57 Å². The molecule has 43 heavy (non-hydrogen) atoms. The topological polar surface area (TPSA) is 8.81 Å². The van der Waals surface area contributed by atoms with Gasteiger partial charge in [0.1, 0.15) is 24.5 Å². The summed E-state index contributed by atoms with van der Waals surface area (Å²) in [6, 6.07) is 1.35. The standard InChI is InChI=1S/C41H73N2/c1-26(2)34-15-11-30(9)21-38(34)32-13-17-36(28(5)6)40(23-32)42-19-20-43(25-42)41-24-33(14-18-37(41)29(7)8)39-22-31(10)12-16-35(39)27(3)4/h19-20,25-41H,11-18,21-24H2,1-10H3/q+1/t30-,31-,32-,33-,34+,35+,36+,37+,38-,39-,40-,41-/m1/s1. The van der Waals surface area contributed by atoms with Crippen LogP contribution >= 0.6 is 0 Å². The maximum Gasteiger partial charge on any atom is 0.244 e. The van der Waals surface area contributed by atoms with E-state index >= 15 is 0 Å². The van der Waals surface area contributed by atoms with Crippen LogP contribution in [-0.4, -0.2) is 4.57 Å². The summed E-state index contributed by atoms with van der Waals surface area (Å²) in [6.07, 6.45) is 25.1. The summed E-state index contributed by atoms with van der Waals surface area (Å²) in [4.78, 5) is 0. The molecular weight excluding hydrogens is 520 g/mol. The predicted octanol–water partition coefficient (Wildman–Crippen LogP) is 11.4. The van der Waals surface area contributed by atoms with Gasteiger partial charge in [-0.05, 0) is 135 Å². The second-order valence-corrected chi connectivity index (χ2v) is 18.4. The molecule has 246 valence electrons. The summed E-state index contributed by atoms with van der Waals surface area (Å²) in [5.41, 5.74) is 0. The first-order valence-electron chi connectivity index (χ1n) is 19.5. The molecule has 0 bridgehead atoms. The van der Waals surface area contributed by atoms with E-state index in [1.165, 1.54) is 77.0 Å². The molecule has 4 saturated carbocycles. The maximum absolute atomic E-state index is 2.74. The van der Waals surface area contributed by atoms with E-state index in [1.54, 1.807) is 0 Å². The fourth-order valence-electron chi connectivity index (χ4n) is 11.8. The van der Waals surface area contributed by atoms with Crippen LogP contribution in [0.5, 0.6) is 0 Å². The van der Waals surface area contributed by atoms with E-state index in [0.717, 1.165) is 82.9 Å². The summed E-state index contributed by atoms with van der Waals surface area (Å²) < 4.78 is 5.49. The highest BCUT2D eigenvalue weighted by Gasteiger charge is 2.45. The van der Waals surface area contributed by atoms with Gasteiger partial charge >= 0.3 is 0 Å². The van der Waals surface area contributed by atoms with Gasteiger partial charge in [0, 0.05) is 11.8 Å². The molecule has 4 aliphatic carbocycles. The van der Waals surface area contributed by atoms with Crippen molar-refractivity contribution in [1.29, 1.82) is 0 Å². The van der Waals surface area contributed by atoms with Gasteiger partial charge in [-0.25, -0.2) is 9.13 Å². The molecule has 0 amide bonds. The van der Waals surface area contributed by atoms with Gasteiger partial charge in [-0.3, -0.25) is 0 Å². The van der Waals surface area contributed by atoms with Crippen molar-refractivity contribution in [3.63, 3.8) is 0 Å². The first-order valence-corrected chi connectivity index (χ1v) is 19.5. The average molecular weight is 594 g/mol. The Bertz CT molecular complexity index is 911. The molecule has 1 aromatic rings. The van der Waals surface area contributed by atoms with Crippen LogP contribution in [0.4, 0.5) is 0 Å². The van der Waals surface area contributed by atoms with Crippen LogP contribution in [0.1, 0.15) is 158 Å². The molecule has 2 nitrogen and oxygen atoms in total. The van der Waals surface area contributed by atoms with Gasteiger partial charge in [0.25, 0.3) is 0 Å². The third-order valence-corrected chi connectivity index (χ3v) is 14.3. The molecule has 0 aliphatic heterocycles. The summed E-state index contributed by atoms with van der Waals surface area (Å²) in [5.74, 6) is 12.2. The third kappa shape index (κ3) is 7.45. The molecule has 12 atom stereocenters. The monoisotopic (exact) mass is 594 g/mol. The molecule has 0 aromatic carbocycles. The highest BCUT2D eigenvalue weighted by Crippen LogP contribution is 2.52. The molecule has 5 rings (SSSR count). The Hall–Kier alpha value is -0.790. The minimum absolute atomic E-state index is 0.673. The van der Waals surface area contributed by atoms with Crippen molar-refractivity contribution >= 4 is 0 Å². The number of nitrogens with zero attached hydrogens (tertiary/aromatic N) is 2. The van der Waals surface area contributed by atoms with Crippen molar-refractivity contribution in [3.8, 4) is 0 Å². The zero-order valence-corrected chi connectivity index (χ0v) is 30.3. The van der Waals surface area contributed by atoms with Gasteiger partial charge in [-0.2, -0.15) is 0 Å². The van der Waals surface area contributed by atoms with Gasteiger partial charge in [-0.1, -0.05) is 82.1 Å². The predicted molar refractivity (Wildman–Crippen MR) is 184 cm³/mol. The minimum Gasteiger partial charge on any atom is -0.234 e. The van der Waals surface area contributed by atoms with Gasteiger partial charge in [0.2, 0.25) is 6.33 Å². The van der Waals surface area contributed by atoms with Gasteiger partial charge < -0.3 is 0 Å². The number of hydrogen-bond donors (Lipinski definition) is 0. The van der Waals surface area contributed by atoms with Gasteiger partial charge in [0.15, 0.2) is 0 Å². The number of aromatic nitrogens is 2. The second-order valence-electron chi connectivity index (χ2n) is 18.4. The molecule has 1 heterocycles. The van der Waals surface area contributed by atoms with E-state index < -0.39 is 0 Å². The first-order chi connectivity index (χ1) is 20.4. The third-order valence-electron chi connectivity index (χ3n) is 14.3. The fraction of sp³-hybridized carbons (Fsp3) is 0.927. The lowest BCUT2D eigenvalue weighted by atomic mass is 9.60. The van der Waals surface area contributed by atoms with Crippen LogP contribution in [0.3, 0.4) is 0 Å². The van der Waals surface area contributed by atoms with Crippen molar-refractivity contribution in [2.45, 2.75) is 158 Å². The molecule has 0 radical (unpaired) electrons. The molecule has 0 spiro atoms. The number of rotatable bonds is 8. The van der Waals surface area contributed by atoms with Crippen molar-refractivity contribution in [3.05, 3.63) is 18.7 Å². The van der Waals surface area contributed by atoms with E-state index in [4.69, 9.17) is 0 Å². The first kappa shape index (κ1) is 33.6. The lowest BCUT2D eigenvalue weighted by Crippen LogP contribution is -2.49. The highest BCUT2D eigenvalue weighted by molar-refractivity contribution is 4.95. The Morgan fingerprint density at radius 1 is 0.535 bits per heavy atom. The van der Waals surface area contributed by atoms with Gasteiger partial charge in [0.05, 0.1) is 0 Å². The smallest absolute Gasteiger partial charge is 0.234 e. The molecule has 2 heteroatoms. The van der Waals surface area contributed by atoms with Crippen molar-refractivity contribution < 1.29 is 4.57 Å². The molecule has 0 saturated heterocycles.